The zero-order valence-electron chi connectivity index (χ0n) is 22.8. The Balaban J connectivity index is 1.53. The summed E-state index contributed by atoms with van der Waals surface area (Å²) in [5.41, 5.74) is -1.06. The number of rotatable bonds is 8. The Morgan fingerprint density at radius 2 is 1.92 bits per heavy atom. The number of hydrogen-bond acceptors (Lipinski definition) is 6. The molecule has 2 fully saturated rings. The van der Waals surface area contributed by atoms with Gasteiger partial charge in [0.25, 0.3) is 0 Å². The molecular formula is C27H36ClFN6O4. The van der Waals surface area contributed by atoms with E-state index in [-0.39, 0.29) is 43.6 Å². The Kier molecular flexibility index (Phi) is 8.48. The van der Waals surface area contributed by atoms with Crippen LogP contribution in [0.15, 0.2) is 30.7 Å². The Morgan fingerprint density at radius 3 is 2.44 bits per heavy atom. The van der Waals surface area contributed by atoms with Crippen molar-refractivity contribution in [2.24, 2.45) is 5.92 Å². The number of likely N-dealkylation sites (tertiary alicyclic amines) is 1. The largest absolute Gasteiger partial charge is 0.444 e. The van der Waals surface area contributed by atoms with Crippen LogP contribution in [0.3, 0.4) is 0 Å². The van der Waals surface area contributed by atoms with Crippen LogP contribution in [-0.4, -0.2) is 79.1 Å². The van der Waals surface area contributed by atoms with E-state index in [1.165, 1.54) is 10.9 Å². The Labute approximate surface area is 232 Å². The van der Waals surface area contributed by atoms with Gasteiger partial charge >= 0.3 is 6.09 Å². The number of nitrogens with one attached hydrogen (secondary N) is 1. The van der Waals surface area contributed by atoms with Crippen molar-refractivity contribution in [1.82, 2.24) is 29.9 Å². The third-order valence-corrected chi connectivity index (χ3v) is 7.37. The van der Waals surface area contributed by atoms with E-state index in [9.17, 15) is 18.8 Å². The number of halogens is 2. The smallest absolute Gasteiger partial charge is 0.410 e. The number of ether oxygens (including phenoxy) is 1. The summed E-state index contributed by atoms with van der Waals surface area (Å²) in [7, 11) is 0. The van der Waals surface area contributed by atoms with E-state index >= 15 is 0 Å². The van der Waals surface area contributed by atoms with Crippen LogP contribution in [0.2, 0.25) is 0 Å². The number of aromatic nitrogens is 3. The fraction of sp³-hybridized carbons (Fsp3) is 0.593. The summed E-state index contributed by atoms with van der Waals surface area (Å²) in [6, 6.07) is 3.05. The summed E-state index contributed by atoms with van der Waals surface area (Å²) >= 11 is 6.01. The van der Waals surface area contributed by atoms with E-state index in [1.54, 1.807) is 48.9 Å². The van der Waals surface area contributed by atoms with Crippen LogP contribution in [0, 0.1) is 11.7 Å². The first-order valence-corrected chi connectivity index (χ1v) is 13.8. The summed E-state index contributed by atoms with van der Waals surface area (Å²) < 4.78 is 20.2. The highest BCUT2D eigenvalue weighted by Gasteiger charge is 2.50. The average molecular weight is 563 g/mol. The van der Waals surface area contributed by atoms with Gasteiger partial charge in [-0.2, -0.15) is 5.10 Å². The minimum absolute atomic E-state index is 0.230. The van der Waals surface area contributed by atoms with Gasteiger partial charge in [0.1, 0.15) is 17.0 Å². The molecule has 10 nitrogen and oxygen atoms in total. The van der Waals surface area contributed by atoms with Gasteiger partial charge in [0, 0.05) is 25.8 Å². The van der Waals surface area contributed by atoms with E-state index in [1.807, 2.05) is 6.92 Å². The maximum atomic E-state index is 14.0. The van der Waals surface area contributed by atoms with E-state index in [2.05, 4.69) is 15.4 Å². The predicted octanol–water partition coefficient (Wildman–Crippen LogP) is 3.83. The molecular weight excluding hydrogens is 527 g/mol. The number of nitrogens with zero attached hydrogens (tertiary/aromatic N) is 5. The van der Waals surface area contributed by atoms with Crippen molar-refractivity contribution >= 4 is 29.5 Å². The zero-order chi connectivity index (χ0) is 28.4. The van der Waals surface area contributed by atoms with Crippen molar-refractivity contribution in [3.63, 3.8) is 0 Å². The number of piperidine rings is 1. The van der Waals surface area contributed by atoms with Gasteiger partial charge in [-0.15, -0.1) is 11.6 Å². The molecule has 2 aliphatic rings. The molecule has 1 aliphatic heterocycles. The molecule has 0 radical (unpaired) electrons. The lowest BCUT2D eigenvalue weighted by atomic mass is 9.83. The number of amides is 3. The molecule has 1 saturated heterocycles. The number of hydrogen-bond donors (Lipinski definition) is 1. The molecule has 212 valence electrons. The predicted molar refractivity (Wildman–Crippen MR) is 143 cm³/mol. The molecule has 1 N–H and O–H groups in total. The first-order chi connectivity index (χ1) is 18.4. The van der Waals surface area contributed by atoms with Crippen LogP contribution in [0.5, 0.6) is 0 Å². The Bertz CT molecular complexity index is 1190. The number of pyridine rings is 1. The molecule has 0 bridgehead atoms. The molecule has 2 aromatic rings. The fourth-order valence-electron chi connectivity index (χ4n) is 4.78. The third kappa shape index (κ3) is 6.87. The highest BCUT2D eigenvalue weighted by Crippen LogP contribution is 2.37. The van der Waals surface area contributed by atoms with Crippen LogP contribution in [-0.2, 0) is 14.3 Å². The molecule has 0 aromatic carbocycles. The fourth-order valence-corrected chi connectivity index (χ4v) is 4.93. The number of carbonyl (C=O) groups excluding carboxylic acids is 3. The maximum Gasteiger partial charge on any atom is 0.410 e. The van der Waals surface area contributed by atoms with Crippen LogP contribution in [0.1, 0.15) is 65.0 Å². The molecule has 39 heavy (non-hydrogen) atoms. The highest BCUT2D eigenvalue weighted by atomic mass is 35.5. The first kappa shape index (κ1) is 28.8. The molecule has 1 saturated carbocycles. The van der Waals surface area contributed by atoms with Gasteiger partial charge in [-0.25, -0.2) is 18.9 Å². The van der Waals surface area contributed by atoms with Crippen LogP contribution < -0.4 is 5.32 Å². The number of alkyl halides is 1. The van der Waals surface area contributed by atoms with Crippen LogP contribution >= 0.6 is 11.6 Å². The summed E-state index contributed by atoms with van der Waals surface area (Å²) in [4.78, 5) is 47.4. The van der Waals surface area contributed by atoms with Crippen molar-refractivity contribution in [3.8, 4) is 5.82 Å². The summed E-state index contributed by atoms with van der Waals surface area (Å²) in [5, 5.41) is 6.99. The van der Waals surface area contributed by atoms with Crippen molar-refractivity contribution in [1.29, 1.82) is 0 Å². The summed E-state index contributed by atoms with van der Waals surface area (Å²) in [6.45, 7) is 8.24. The van der Waals surface area contributed by atoms with E-state index in [0.29, 0.717) is 18.3 Å². The third-order valence-electron chi connectivity index (χ3n) is 7.14. The Morgan fingerprint density at radius 1 is 1.23 bits per heavy atom. The normalized spacial score (nSPS) is 17.8. The molecule has 1 aliphatic carbocycles. The minimum Gasteiger partial charge on any atom is -0.444 e. The Hall–Kier alpha value is -3.21. The summed E-state index contributed by atoms with van der Waals surface area (Å²) in [6.07, 6.45) is 6.02. The van der Waals surface area contributed by atoms with Gasteiger partial charge in [-0.3, -0.25) is 9.59 Å². The van der Waals surface area contributed by atoms with Gasteiger partial charge < -0.3 is 19.9 Å². The monoisotopic (exact) mass is 562 g/mol. The van der Waals surface area contributed by atoms with Crippen molar-refractivity contribution < 1.29 is 23.5 Å². The van der Waals surface area contributed by atoms with Gasteiger partial charge in [-0.05, 0) is 70.9 Å². The molecule has 3 amide bonds. The second-order valence-corrected chi connectivity index (χ2v) is 11.6. The molecule has 12 heteroatoms. The molecule has 2 aromatic heterocycles. The quantitative estimate of drug-likeness (QED) is 0.490. The van der Waals surface area contributed by atoms with Gasteiger partial charge in [0.15, 0.2) is 11.6 Å². The molecule has 0 unspecified atom stereocenters. The summed E-state index contributed by atoms with van der Waals surface area (Å²) in [5.74, 6) is -0.507. The van der Waals surface area contributed by atoms with Crippen LogP contribution in [0.25, 0.3) is 5.82 Å². The first-order valence-electron chi connectivity index (χ1n) is 13.2. The van der Waals surface area contributed by atoms with Gasteiger partial charge in [0.2, 0.25) is 11.8 Å². The van der Waals surface area contributed by atoms with Gasteiger partial charge in [-0.1, -0.05) is 6.07 Å². The van der Waals surface area contributed by atoms with Gasteiger partial charge in [0.05, 0.1) is 18.4 Å². The molecule has 3 heterocycles. The highest BCUT2D eigenvalue weighted by molar-refractivity contribution is 6.27. The molecule has 1 atom stereocenters. The van der Waals surface area contributed by atoms with E-state index in [4.69, 9.17) is 16.3 Å². The van der Waals surface area contributed by atoms with Crippen LogP contribution in [0.4, 0.5) is 9.18 Å². The SMILES string of the molecule is C[C@H](NC(=O)C1(N(CC2CC2)C(=O)CCl)CCN(C(=O)OC(C)(C)C)CC1)c1ccc(-n2cc(F)cn2)nc1. The van der Waals surface area contributed by atoms with Crippen molar-refractivity contribution in [2.75, 3.05) is 25.5 Å². The molecule has 4 rings (SSSR count). The van der Waals surface area contributed by atoms with E-state index in [0.717, 1.165) is 24.6 Å². The lowest BCUT2D eigenvalue weighted by Crippen LogP contribution is -2.66. The molecule has 0 spiro atoms. The maximum absolute atomic E-state index is 14.0. The second kappa shape index (κ2) is 11.5. The topological polar surface area (TPSA) is 110 Å². The van der Waals surface area contributed by atoms with E-state index < -0.39 is 29.1 Å². The van der Waals surface area contributed by atoms with Crippen molar-refractivity contribution in [2.45, 2.75) is 70.6 Å². The minimum atomic E-state index is -1.15. The second-order valence-electron chi connectivity index (χ2n) is 11.3. The standard InChI is InChI=1S/C27H36ClFN6O4/c1-18(20-7-8-22(30-14-20)35-17-21(29)15-31-35)32-24(37)27(34(23(36)13-28)16-19-5-6-19)9-11-33(12-10-27)25(38)39-26(2,3)4/h7-8,14-15,17-19H,5-6,9-13,16H2,1-4H3,(H,32,37)/t18-/m0/s1. The lowest BCUT2D eigenvalue weighted by molar-refractivity contribution is -0.150. The average Bonchev–Trinajstić information content (AvgIpc) is 3.62. The zero-order valence-corrected chi connectivity index (χ0v) is 23.6. The number of carbonyl (C=O) groups is 3. The van der Waals surface area contributed by atoms with Crippen molar-refractivity contribution in [3.05, 3.63) is 42.1 Å². The lowest BCUT2D eigenvalue weighted by Gasteiger charge is -2.47.